The van der Waals surface area contributed by atoms with Crippen LogP contribution in [0.4, 0.5) is 0 Å². The highest BCUT2D eigenvalue weighted by molar-refractivity contribution is 5.35. The summed E-state index contributed by atoms with van der Waals surface area (Å²) < 4.78 is 11.8. The number of hydrogen-bond acceptors (Lipinski definition) is 4. The van der Waals surface area contributed by atoms with Crippen molar-refractivity contribution in [3.8, 4) is 0 Å². The average Bonchev–Trinajstić information content (AvgIpc) is 3.33. The van der Waals surface area contributed by atoms with Gasteiger partial charge in [-0.15, -0.1) is 0 Å². The van der Waals surface area contributed by atoms with Crippen LogP contribution in [0.3, 0.4) is 0 Å². The molecule has 1 saturated heterocycles. The summed E-state index contributed by atoms with van der Waals surface area (Å²) in [4.78, 5) is 11.4. The van der Waals surface area contributed by atoms with E-state index in [2.05, 4.69) is 13.8 Å². The summed E-state index contributed by atoms with van der Waals surface area (Å²) in [6.07, 6.45) is 11.1. The molecule has 0 radical (unpaired) electrons. The average molecular weight is 385 g/mol. The summed E-state index contributed by atoms with van der Waals surface area (Å²) in [5.74, 6) is 2.48. The molecule has 0 unspecified atom stereocenters. The zero-order chi connectivity index (χ0) is 19.3. The van der Waals surface area contributed by atoms with Gasteiger partial charge in [0.1, 0.15) is 5.60 Å². The second-order valence-electron chi connectivity index (χ2n) is 11.0. The number of epoxide rings is 1. The highest BCUT2D eigenvalue weighted by Gasteiger charge is 2.80. The van der Waals surface area contributed by atoms with Crippen molar-refractivity contribution in [3.05, 3.63) is 34.4 Å². The van der Waals surface area contributed by atoms with Crippen LogP contribution in [-0.4, -0.2) is 22.9 Å². The Kier molecular flexibility index (Phi) is 3.49. The Labute approximate surface area is 166 Å². The van der Waals surface area contributed by atoms with Crippen LogP contribution in [0, 0.1) is 28.6 Å². The molecule has 0 amide bonds. The molecular weight excluding hydrogens is 352 g/mol. The zero-order valence-electron chi connectivity index (χ0n) is 17.0. The van der Waals surface area contributed by atoms with Gasteiger partial charge in [-0.2, -0.15) is 0 Å². The quantitative estimate of drug-likeness (QED) is 0.735. The van der Waals surface area contributed by atoms with Crippen molar-refractivity contribution < 1.29 is 14.3 Å². The number of rotatable bonds is 1. The minimum atomic E-state index is -0.266. The molecule has 4 heteroatoms. The third-order valence-electron chi connectivity index (χ3n) is 10.2. The Balaban J connectivity index is 1.36. The van der Waals surface area contributed by atoms with Crippen molar-refractivity contribution >= 4 is 0 Å². The standard InChI is InChI=1S/C24H32O4/c1-22-9-7-16(25)11-15(22)4-5-18-17(22)8-10-23(2)19(12-20-24(18,23)28-20)14-3-6-21(26)27-13-14/h3,6,13,15-20,25H,4-5,7-12H2,1-2H3/t15-,16-,17-,18+,19+,20-,22-,23+,24-/m0/s1. The third-order valence-corrected chi connectivity index (χ3v) is 10.2. The first-order valence-corrected chi connectivity index (χ1v) is 11.3. The molecule has 5 aliphatic rings. The van der Waals surface area contributed by atoms with E-state index in [0.717, 1.165) is 25.2 Å². The monoisotopic (exact) mass is 384 g/mol. The molecule has 152 valence electrons. The Morgan fingerprint density at radius 3 is 2.68 bits per heavy atom. The lowest BCUT2D eigenvalue weighted by atomic mass is 9.44. The van der Waals surface area contributed by atoms with Crippen molar-refractivity contribution in [2.75, 3.05) is 0 Å². The Hall–Kier alpha value is -1.13. The Morgan fingerprint density at radius 1 is 1.04 bits per heavy atom. The number of ether oxygens (including phenoxy) is 1. The zero-order valence-corrected chi connectivity index (χ0v) is 17.0. The van der Waals surface area contributed by atoms with Gasteiger partial charge in [-0.05, 0) is 92.1 Å². The van der Waals surface area contributed by atoms with Gasteiger partial charge in [0, 0.05) is 11.5 Å². The molecule has 6 rings (SSSR count). The summed E-state index contributed by atoms with van der Waals surface area (Å²) in [7, 11) is 0. The van der Waals surface area contributed by atoms with Gasteiger partial charge in [0.15, 0.2) is 0 Å². The van der Waals surface area contributed by atoms with Crippen LogP contribution >= 0.6 is 0 Å². The minimum absolute atomic E-state index is 0.0285. The summed E-state index contributed by atoms with van der Waals surface area (Å²) in [5, 5.41) is 10.2. The van der Waals surface area contributed by atoms with Gasteiger partial charge in [-0.25, -0.2) is 4.79 Å². The normalized spacial score (nSPS) is 54.2. The van der Waals surface area contributed by atoms with Gasteiger partial charge in [0.2, 0.25) is 0 Å². The topological polar surface area (TPSA) is 63.0 Å². The van der Waals surface area contributed by atoms with Gasteiger partial charge in [0.25, 0.3) is 0 Å². The molecule has 5 fully saturated rings. The number of aliphatic hydroxyl groups is 1. The van der Waals surface area contributed by atoms with Crippen LogP contribution in [0.15, 0.2) is 27.6 Å². The fraction of sp³-hybridized carbons (Fsp3) is 0.792. The molecule has 1 aromatic rings. The molecule has 0 aromatic carbocycles. The van der Waals surface area contributed by atoms with Crippen molar-refractivity contribution in [2.45, 2.75) is 88.9 Å². The van der Waals surface area contributed by atoms with Crippen molar-refractivity contribution in [2.24, 2.45) is 28.6 Å². The Morgan fingerprint density at radius 2 is 1.89 bits per heavy atom. The predicted molar refractivity (Wildman–Crippen MR) is 105 cm³/mol. The lowest BCUT2D eigenvalue weighted by Crippen LogP contribution is -2.58. The lowest BCUT2D eigenvalue weighted by Gasteiger charge is -2.61. The van der Waals surface area contributed by atoms with E-state index in [1.165, 1.54) is 37.7 Å². The second-order valence-corrected chi connectivity index (χ2v) is 11.0. The van der Waals surface area contributed by atoms with E-state index in [4.69, 9.17) is 9.15 Å². The third kappa shape index (κ3) is 2.01. The minimum Gasteiger partial charge on any atom is -0.431 e. The summed E-state index contributed by atoms with van der Waals surface area (Å²) >= 11 is 0. The fourth-order valence-corrected chi connectivity index (χ4v) is 8.74. The van der Waals surface area contributed by atoms with E-state index in [0.29, 0.717) is 29.3 Å². The SMILES string of the molecule is C[C@]12CC[C@H](O)C[C@@H]1CC[C@@H]1[C@@H]2CC[C@]2(C)[C@@H](c3ccc(=O)oc3)C[C@@H]3O[C@]312. The van der Waals surface area contributed by atoms with Crippen LogP contribution in [0.1, 0.15) is 76.7 Å². The molecule has 4 saturated carbocycles. The predicted octanol–water partition coefficient (Wildman–Crippen LogP) is 4.26. The maximum Gasteiger partial charge on any atom is 0.335 e. The highest BCUT2D eigenvalue weighted by atomic mass is 16.6. The number of fused-ring (bicyclic) bond motifs is 3. The maximum atomic E-state index is 11.4. The molecular formula is C24H32O4. The van der Waals surface area contributed by atoms with Crippen molar-refractivity contribution in [3.63, 3.8) is 0 Å². The first-order valence-electron chi connectivity index (χ1n) is 11.3. The molecule has 9 atom stereocenters. The van der Waals surface area contributed by atoms with Crippen molar-refractivity contribution in [1.29, 1.82) is 0 Å². The van der Waals surface area contributed by atoms with E-state index in [1.807, 2.05) is 6.07 Å². The molecule has 1 aliphatic heterocycles. The van der Waals surface area contributed by atoms with Gasteiger partial charge in [-0.3, -0.25) is 0 Å². The van der Waals surface area contributed by atoms with Crippen molar-refractivity contribution in [1.82, 2.24) is 0 Å². The van der Waals surface area contributed by atoms with Gasteiger partial charge in [0.05, 0.1) is 18.5 Å². The molecule has 1 N–H and O–H groups in total. The smallest absolute Gasteiger partial charge is 0.335 e. The first kappa shape index (κ1) is 17.7. The van der Waals surface area contributed by atoms with E-state index in [1.54, 1.807) is 12.3 Å². The van der Waals surface area contributed by atoms with Gasteiger partial charge in [-0.1, -0.05) is 13.8 Å². The summed E-state index contributed by atoms with van der Waals surface area (Å²) in [6.45, 7) is 4.97. The van der Waals surface area contributed by atoms with Crippen LogP contribution in [0.25, 0.3) is 0 Å². The van der Waals surface area contributed by atoms with E-state index < -0.39 is 0 Å². The molecule has 4 nitrogen and oxygen atoms in total. The van der Waals surface area contributed by atoms with E-state index in [9.17, 15) is 9.90 Å². The number of aliphatic hydroxyl groups excluding tert-OH is 1. The van der Waals surface area contributed by atoms with Crippen LogP contribution in [0.2, 0.25) is 0 Å². The molecule has 1 aromatic heterocycles. The Bertz CT molecular complexity index is 842. The van der Waals surface area contributed by atoms with Gasteiger partial charge >= 0.3 is 5.63 Å². The van der Waals surface area contributed by atoms with Crippen LogP contribution in [0.5, 0.6) is 0 Å². The maximum absolute atomic E-state index is 11.4. The lowest BCUT2D eigenvalue weighted by molar-refractivity contribution is -0.139. The summed E-state index contributed by atoms with van der Waals surface area (Å²) in [6, 6.07) is 3.55. The second kappa shape index (κ2) is 5.51. The van der Waals surface area contributed by atoms with E-state index >= 15 is 0 Å². The number of hydrogen-bond donors (Lipinski definition) is 1. The largest absolute Gasteiger partial charge is 0.431 e. The fourth-order valence-electron chi connectivity index (χ4n) is 8.74. The van der Waals surface area contributed by atoms with Gasteiger partial charge < -0.3 is 14.3 Å². The molecule has 1 spiro atoms. The highest BCUT2D eigenvalue weighted by Crippen LogP contribution is 2.77. The summed E-state index contributed by atoms with van der Waals surface area (Å²) in [5.41, 5.74) is 1.44. The molecule has 28 heavy (non-hydrogen) atoms. The first-order chi connectivity index (χ1) is 13.4. The molecule has 4 aliphatic carbocycles. The molecule has 2 heterocycles. The molecule has 0 bridgehead atoms. The van der Waals surface area contributed by atoms with E-state index in [-0.39, 0.29) is 22.7 Å². The van der Waals surface area contributed by atoms with Crippen LogP contribution in [-0.2, 0) is 4.74 Å². The van der Waals surface area contributed by atoms with Crippen LogP contribution < -0.4 is 5.63 Å².